The van der Waals surface area contributed by atoms with E-state index in [-0.39, 0.29) is 5.41 Å². The van der Waals surface area contributed by atoms with Crippen LogP contribution in [0.3, 0.4) is 0 Å². The molecule has 0 aliphatic rings. The molecule has 3 aromatic heterocycles. The maximum absolute atomic E-state index is 5.41. The van der Waals surface area contributed by atoms with Gasteiger partial charge in [-0.2, -0.15) is 5.10 Å². The van der Waals surface area contributed by atoms with Gasteiger partial charge in [-0.3, -0.25) is 0 Å². The summed E-state index contributed by atoms with van der Waals surface area (Å²) in [6.07, 6.45) is 3.83. The molecule has 46 heavy (non-hydrogen) atoms. The number of hydrogen-bond acceptors (Lipinski definition) is 2. The molecule has 0 aliphatic carbocycles. The van der Waals surface area contributed by atoms with E-state index in [1.165, 1.54) is 27.6 Å². The van der Waals surface area contributed by atoms with Crippen molar-refractivity contribution in [3.8, 4) is 45.1 Å². The van der Waals surface area contributed by atoms with E-state index in [4.69, 9.17) is 5.10 Å². The molecule has 5 nitrogen and oxygen atoms in total. The summed E-state index contributed by atoms with van der Waals surface area (Å²) in [4.78, 5) is 4.62. The van der Waals surface area contributed by atoms with Gasteiger partial charge in [0.1, 0.15) is 11.5 Å². The molecule has 0 spiro atoms. The highest BCUT2D eigenvalue weighted by Crippen LogP contribution is 2.42. The molecule has 0 amide bonds. The minimum Gasteiger partial charge on any atom is -0.334 e. The summed E-state index contributed by atoms with van der Waals surface area (Å²) < 4.78 is 6.61. The lowest BCUT2D eigenvalue weighted by Gasteiger charge is -2.23. The monoisotopic (exact) mass is 597 g/mol. The Labute approximate surface area is 269 Å². The molecule has 0 radical (unpaired) electrons. The first-order valence-electron chi connectivity index (χ1n) is 15.7. The Morgan fingerprint density at radius 2 is 1.26 bits per heavy atom. The first-order chi connectivity index (χ1) is 22.4. The number of hydrogen-bond donors (Lipinski definition) is 0. The molecule has 0 bridgehead atoms. The Balaban J connectivity index is 1.41. The summed E-state index contributed by atoms with van der Waals surface area (Å²) in [7, 11) is 2.03. The fourth-order valence-corrected chi connectivity index (χ4v) is 6.77. The predicted molar refractivity (Wildman–Crippen MR) is 190 cm³/mol. The molecule has 0 saturated heterocycles. The number of aromatic nitrogens is 5. The Morgan fingerprint density at radius 3 is 1.98 bits per heavy atom. The fraction of sp³-hybridized carbons (Fsp3) is 0.122. The van der Waals surface area contributed by atoms with Crippen molar-refractivity contribution >= 4 is 21.8 Å². The zero-order valence-electron chi connectivity index (χ0n) is 26.5. The standard InChI is InChI=1S/C41H35N5/c1-41(2,3)39-37(28-14-7-5-8-15-28)38(29-16-9-6-10-17-29)43-46(39)32-22-23-34-33-20-11-12-21-35(33)45(36(34)27-32)31-19-13-18-30(26-31)40-42-24-25-44(40)4/h5-27H,1-4H3. The Morgan fingerprint density at radius 1 is 0.587 bits per heavy atom. The molecule has 0 aliphatic heterocycles. The van der Waals surface area contributed by atoms with Crippen molar-refractivity contribution in [2.45, 2.75) is 26.2 Å². The molecule has 3 heterocycles. The molecular weight excluding hydrogens is 562 g/mol. The first-order valence-corrected chi connectivity index (χ1v) is 15.7. The van der Waals surface area contributed by atoms with Gasteiger partial charge in [0.2, 0.25) is 0 Å². The van der Waals surface area contributed by atoms with Crippen molar-refractivity contribution < 1.29 is 0 Å². The lowest BCUT2D eigenvalue weighted by molar-refractivity contribution is 0.545. The van der Waals surface area contributed by atoms with Crippen LogP contribution in [0.25, 0.3) is 67.0 Å². The van der Waals surface area contributed by atoms with Crippen molar-refractivity contribution in [2.24, 2.45) is 7.05 Å². The molecule has 0 saturated carbocycles. The van der Waals surface area contributed by atoms with E-state index in [2.05, 4.69) is 167 Å². The van der Waals surface area contributed by atoms with Crippen molar-refractivity contribution in [3.63, 3.8) is 0 Å². The van der Waals surface area contributed by atoms with Gasteiger partial charge in [0, 0.05) is 58.0 Å². The number of para-hydroxylation sites is 1. The topological polar surface area (TPSA) is 40.6 Å². The van der Waals surface area contributed by atoms with Crippen LogP contribution in [0, 0.1) is 0 Å². The maximum atomic E-state index is 5.41. The Kier molecular flexibility index (Phi) is 6.50. The number of rotatable bonds is 5. The van der Waals surface area contributed by atoms with E-state index in [1.54, 1.807) is 0 Å². The van der Waals surface area contributed by atoms with Crippen LogP contribution in [0.4, 0.5) is 0 Å². The first kappa shape index (κ1) is 27.8. The summed E-state index contributed by atoms with van der Waals surface area (Å²) in [5.41, 5.74) is 10.9. The van der Waals surface area contributed by atoms with Crippen LogP contribution in [-0.4, -0.2) is 23.9 Å². The molecule has 8 aromatic rings. The second-order valence-corrected chi connectivity index (χ2v) is 12.9. The van der Waals surface area contributed by atoms with Crippen LogP contribution in [0.5, 0.6) is 0 Å². The molecule has 0 fully saturated rings. The molecular formula is C41H35N5. The lowest BCUT2D eigenvalue weighted by atomic mass is 9.85. The SMILES string of the molecule is Cn1ccnc1-c1cccc(-n2c3ccccc3c3ccc(-n4nc(-c5ccccc5)c(-c5ccccc5)c4C(C)(C)C)cc32)c1. The molecule has 0 N–H and O–H groups in total. The highest BCUT2D eigenvalue weighted by atomic mass is 15.3. The Hall–Kier alpha value is -5.68. The third-order valence-electron chi connectivity index (χ3n) is 8.79. The quantitative estimate of drug-likeness (QED) is 0.198. The van der Waals surface area contributed by atoms with Gasteiger partial charge < -0.3 is 9.13 Å². The van der Waals surface area contributed by atoms with Crippen LogP contribution in [0.15, 0.2) is 140 Å². The van der Waals surface area contributed by atoms with E-state index in [0.717, 1.165) is 45.1 Å². The summed E-state index contributed by atoms with van der Waals surface area (Å²) in [5.74, 6) is 0.941. The van der Waals surface area contributed by atoms with Gasteiger partial charge >= 0.3 is 0 Å². The van der Waals surface area contributed by atoms with E-state index in [1.807, 2.05) is 19.4 Å². The summed E-state index contributed by atoms with van der Waals surface area (Å²) in [6.45, 7) is 6.83. The maximum Gasteiger partial charge on any atom is 0.139 e. The zero-order valence-corrected chi connectivity index (χ0v) is 26.5. The molecule has 5 aromatic carbocycles. The van der Waals surface area contributed by atoms with E-state index >= 15 is 0 Å². The summed E-state index contributed by atoms with van der Waals surface area (Å²) >= 11 is 0. The van der Waals surface area contributed by atoms with Crippen molar-refractivity contribution in [1.82, 2.24) is 23.9 Å². The summed E-state index contributed by atoms with van der Waals surface area (Å²) in [5, 5.41) is 7.84. The van der Waals surface area contributed by atoms with E-state index < -0.39 is 0 Å². The number of fused-ring (bicyclic) bond motifs is 3. The number of imidazole rings is 1. The van der Waals surface area contributed by atoms with Gasteiger partial charge in [-0.05, 0) is 35.9 Å². The Bertz CT molecular complexity index is 2350. The average Bonchev–Trinajstić information content (AvgIpc) is 3.79. The average molecular weight is 598 g/mol. The van der Waals surface area contributed by atoms with Gasteiger partial charge in [-0.1, -0.05) is 118 Å². The second-order valence-electron chi connectivity index (χ2n) is 12.9. The predicted octanol–water partition coefficient (Wildman–Crippen LogP) is 10.0. The van der Waals surface area contributed by atoms with Crippen LogP contribution in [-0.2, 0) is 12.5 Å². The third kappa shape index (κ3) is 4.55. The molecule has 0 atom stereocenters. The number of aryl methyl sites for hydroxylation is 1. The van der Waals surface area contributed by atoms with Gasteiger partial charge in [0.15, 0.2) is 0 Å². The minimum absolute atomic E-state index is 0.191. The van der Waals surface area contributed by atoms with Gasteiger partial charge in [0.05, 0.1) is 22.4 Å². The van der Waals surface area contributed by atoms with Gasteiger partial charge in [-0.25, -0.2) is 9.67 Å². The van der Waals surface area contributed by atoms with Crippen molar-refractivity contribution in [1.29, 1.82) is 0 Å². The van der Waals surface area contributed by atoms with Gasteiger partial charge in [-0.15, -0.1) is 0 Å². The lowest BCUT2D eigenvalue weighted by Crippen LogP contribution is -2.18. The highest BCUT2D eigenvalue weighted by Gasteiger charge is 2.30. The number of nitrogens with zero attached hydrogens (tertiary/aromatic N) is 5. The van der Waals surface area contributed by atoms with Crippen molar-refractivity contribution in [3.05, 3.63) is 145 Å². The zero-order chi connectivity index (χ0) is 31.4. The van der Waals surface area contributed by atoms with Crippen LogP contribution in [0.2, 0.25) is 0 Å². The van der Waals surface area contributed by atoms with Gasteiger partial charge in [0.25, 0.3) is 0 Å². The molecule has 0 unspecified atom stereocenters. The summed E-state index contributed by atoms with van der Waals surface area (Å²) in [6, 6.07) is 45.3. The third-order valence-corrected chi connectivity index (χ3v) is 8.79. The largest absolute Gasteiger partial charge is 0.334 e. The second kappa shape index (κ2) is 10.7. The fourth-order valence-electron chi connectivity index (χ4n) is 6.77. The van der Waals surface area contributed by atoms with E-state index in [0.29, 0.717) is 0 Å². The smallest absolute Gasteiger partial charge is 0.139 e. The number of benzene rings is 5. The molecule has 5 heteroatoms. The molecule has 8 rings (SSSR count). The van der Waals surface area contributed by atoms with Crippen LogP contribution in [0.1, 0.15) is 26.5 Å². The van der Waals surface area contributed by atoms with Crippen LogP contribution >= 0.6 is 0 Å². The van der Waals surface area contributed by atoms with Crippen LogP contribution < -0.4 is 0 Å². The molecule has 224 valence electrons. The normalized spacial score (nSPS) is 11.9. The minimum atomic E-state index is -0.191. The highest BCUT2D eigenvalue weighted by molar-refractivity contribution is 6.09. The van der Waals surface area contributed by atoms with E-state index in [9.17, 15) is 0 Å². The van der Waals surface area contributed by atoms with Crippen molar-refractivity contribution in [2.75, 3.05) is 0 Å².